The van der Waals surface area contributed by atoms with Gasteiger partial charge >= 0.3 is 6.18 Å². The molecular formula is C14H27F3N2. The monoisotopic (exact) mass is 280 g/mol. The second-order valence-corrected chi connectivity index (χ2v) is 5.85. The van der Waals surface area contributed by atoms with Crippen LogP contribution in [-0.4, -0.2) is 44.3 Å². The Labute approximate surface area is 114 Å². The lowest BCUT2D eigenvalue weighted by Crippen LogP contribution is -2.48. The molecule has 0 aromatic rings. The van der Waals surface area contributed by atoms with E-state index in [-0.39, 0.29) is 18.4 Å². The van der Waals surface area contributed by atoms with Crippen LogP contribution in [0.5, 0.6) is 0 Å². The fourth-order valence-corrected chi connectivity index (χ4v) is 3.10. The minimum Gasteiger partial charge on any atom is -0.319 e. The van der Waals surface area contributed by atoms with Crippen LogP contribution in [0.1, 0.15) is 39.5 Å². The third-order valence-corrected chi connectivity index (χ3v) is 4.58. The van der Waals surface area contributed by atoms with Gasteiger partial charge in [-0.05, 0) is 44.7 Å². The summed E-state index contributed by atoms with van der Waals surface area (Å²) in [5.41, 5.74) is 0.0994. The maximum absolute atomic E-state index is 12.8. The first kappa shape index (κ1) is 16.8. The normalized spacial score (nSPS) is 22.7. The van der Waals surface area contributed by atoms with Crippen LogP contribution in [0, 0.1) is 11.3 Å². The highest BCUT2D eigenvalue weighted by Gasteiger charge is 2.42. The Morgan fingerprint density at radius 3 is 2.32 bits per heavy atom. The fourth-order valence-electron chi connectivity index (χ4n) is 3.10. The van der Waals surface area contributed by atoms with Crippen LogP contribution in [0.15, 0.2) is 0 Å². The predicted molar refractivity (Wildman–Crippen MR) is 72.2 cm³/mol. The van der Waals surface area contributed by atoms with Crippen LogP contribution in [-0.2, 0) is 0 Å². The maximum atomic E-state index is 12.8. The lowest BCUT2D eigenvalue weighted by atomic mass is 9.81. The summed E-state index contributed by atoms with van der Waals surface area (Å²) in [7, 11) is 1.91. The molecule has 1 fully saturated rings. The molecule has 1 unspecified atom stereocenters. The summed E-state index contributed by atoms with van der Waals surface area (Å²) in [5, 5.41) is 3.19. The Balaban J connectivity index is 2.64. The van der Waals surface area contributed by atoms with Crippen molar-refractivity contribution < 1.29 is 13.2 Å². The van der Waals surface area contributed by atoms with Crippen molar-refractivity contribution in [2.75, 3.05) is 33.2 Å². The molecule has 0 saturated carbocycles. The van der Waals surface area contributed by atoms with E-state index in [9.17, 15) is 13.2 Å². The van der Waals surface area contributed by atoms with E-state index < -0.39 is 12.1 Å². The molecule has 1 aliphatic heterocycles. The molecule has 5 heteroatoms. The Kier molecular flexibility index (Phi) is 6.12. The zero-order chi connectivity index (χ0) is 14.5. The molecule has 0 aromatic carbocycles. The van der Waals surface area contributed by atoms with Crippen LogP contribution in [0.3, 0.4) is 0 Å². The molecule has 0 radical (unpaired) electrons. The van der Waals surface area contributed by atoms with E-state index in [0.29, 0.717) is 6.42 Å². The molecule has 0 spiro atoms. The van der Waals surface area contributed by atoms with E-state index in [1.807, 2.05) is 11.9 Å². The molecule has 1 saturated heterocycles. The molecule has 114 valence electrons. The smallest absolute Gasteiger partial charge is 0.319 e. The van der Waals surface area contributed by atoms with Crippen molar-refractivity contribution in [3.05, 3.63) is 0 Å². The number of rotatable bonds is 6. The number of hydrogen-bond donors (Lipinski definition) is 1. The first-order chi connectivity index (χ1) is 8.87. The van der Waals surface area contributed by atoms with Gasteiger partial charge in [-0.25, -0.2) is 0 Å². The topological polar surface area (TPSA) is 15.3 Å². The molecule has 0 amide bonds. The lowest BCUT2D eigenvalue weighted by molar-refractivity contribution is -0.187. The van der Waals surface area contributed by atoms with Crippen molar-refractivity contribution in [1.82, 2.24) is 10.2 Å². The number of alkyl halides is 3. The van der Waals surface area contributed by atoms with Crippen molar-refractivity contribution in [3.63, 3.8) is 0 Å². The summed E-state index contributed by atoms with van der Waals surface area (Å²) in [6.07, 6.45) is -1.09. The van der Waals surface area contributed by atoms with Gasteiger partial charge in [0, 0.05) is 19.6 Å². The first-order valence-electron chi connectivity index (χ1n) is 7.30. The average molecular weight is 280 g/mol. The summed E-state index contributed by atoms with van der Waals surface area (Å²) >= 11 is 0. The Bertz CT molecular complexity index is 262. The van der Waals surface area contributed by atoms with Crippen LogP contribution >= 0.6 is 0 Å². The Morgan fingerprint density at radius 2 is 1.84 bits per heavy atom. The number of hydrogen-bond acceptors (Lipinski definition) is 2. The molecule has 0 aromatic heterocycles. The molecule has 0 aliphatic carbocycles. The summed E-state index contributed by atoms with van der Waals surface area (Å²) in [5.74, 6) is -1.14. The Morgan fingerprint density at radius 1 is 1.21 bits per heavy atom. The van der Waals surface area contributed by atoms with Gasteiger partial charge in [0.1, 0.15) is 0 Å². The van der Waals surface area contributed by atoms with Crippen LogP contribution in [0.4, 0.5) is 13.2 Å². The van der Waals surface area contributed by atoms with E-state index in [1.165, 1.54) is 0 Å². The molecule has 1 rings (SSSR count). The van der Waals surface area contributed by atoms with Gasteiger partial charge in [0.15, 0.2) is 0 Å². The highest BCUT2D eigenvalue weighted by atomic mass is 19.4. The van der Waals surface area contributed by atoms with Crippen molar-refractivity contribution >= 4 is 0 Å². The van der Waals surface area contributed by atoms with Crippen molar-refractivity contribution in [1.29, 1.82) is 0 Å². The Hall–Kier alpha value is -0.290. The zero-order valence-electron chi connectivity index (χ0n) is 12.3. The van der Waals surface area contributed by atoms with Crippen molar-refractivity contribution in [2.45, 2.75) is 45.7 Å². The molecule has 0 bridgehead atoms. The summed E-state index contributed by atoms with van der Waals surface area (Å²) in [6.45, 7) is 6.88. The zero-order valence-corrected chi connectivity index (χ0v) is 12.3. The summed E-state index contributed by atoms with van der Waals surface area (Å²) in [6, 6.07) is 0. The second-order valence-electron chi connectivity index (χ2n) is 5.85. The van der Waals surface area contributed by atoms with E-state index >= 15 is 0 Å². The minimum atomic E-state index is -4.04. The fraction of sp³-hybridized carbons (Fsp3) is 1.00. The van der Waals surface area contributed by atoms with Crippen molar-refractivity contribution in [3.8, 4) is 0 Å². The van der Waals surface area contributed by atoms with E-state index in [2.05, 4.69) is 19.2 Å². The molecular weight excluding hydrogens is 253 g/mol. The largest absolute Gasteiger partial charge is 0.393 e. The summed E-state index contributed by atoms with van der Waals surface area (Å²) in [4.78, 5) is 2.02. The van der Waals surface area contributed by atoms with Gasteiger partial charge in [0.25, 0.3) is 0 Å². The molecule has 1 aliphatic rings. The molecule has 2 nitrogen and oxygen atoms in total. The standard InChI is InChI=1S/C14H27F3N2/c1-4-13(5-2,10-18-3)11-19-8-6-7-12(9-19)14(15,16)17/h12,18H,4-11H2,1-3H3. The molecule has 19 heavy (non-hydrogen) atoms. The van der Waals surface area contributed by atoms with Gasteiger partial charge in [-0.2, -0.15) is 13.2 Å². The molecule has 1 N–H and O–H groups in total. The number of piperidine rings is 1. The van der Waals surface area contributed by atoms with E-state index in [0.717, 1.165) is 32.5 Å². The van der Waals surface area contributed by atoms with Gasteiger partial charge < -0.3 is 10.2 Å². The third kappa shape index (κ3) is 4.63. The van der Waals surface area contributed by atoms with Crippen LogP contribution < -0.4 is 5.32 Å². The highest BCUT2D eigenvalue weighted by molar-refractivity contribution is 4.86. The van der Waals surface area contributed by atoms with Crippen molar-refractivity contribution in [2.24, 2.45) is 11.3 Å². The number of halogens is 3. The van der Waals surface area contributed by atoms with Gasteiger partial charge in [-0.3, -0.25) is 0 Å². The predicted octanol–water partition coefficient (Wildman–Crippen LogP) is 3.29. The SMILES string of the molecule is CCC(CC)(CNC)CN1CCCC(C(F)(F)F)C1. The summed E-state index contributed by atoms with van der Waals surface area (Å²) < 4.78 is 38.5. The number of likely N-dealkylation sites (tertiary alicyclic amines) is 1. The van der Waals surface area contributed by atoms with Gasteiger partial charge in [0.2, 0.25) is 0 Å². The quantitative estimate of drug-likeness (QED) is 0.803. The highest BCUT2D eigenvalue weighted by Crippen LogP contribution is 2.35. The lowest BCUT2D eigenvalue weighted by Gasteiger charge is -2.41. The van der Waals surface area contributed by atoms with Gasteiger partial charge in [0.05, 0.1) is 5.92 Å². The van der Waals surface area contributed by atoms with Gasteiger partial charge in [-0.1, -0.05) is 13.8 Å². The van der Waals surface area contributed by atoms with Gasteiger partial charge in [-0.15, -0.1) is 0 Å². The average Bonchev–Trinajstić information content (AvgIpc) is 2.37. The first-order valence-corrected chi connectivity index (χ1v) is 7.30. The minimum absolute atomic E-state index is 0.0994. The maximum Gasteiger partial charge on any atom is 0.393 e. The van der Waals surface area contributed by atoms with E-state index in [4.69, 9.17) is 0 Å². The third-order valence-electron chi connectivity index (χ3n) is 4.58. The molecule has 1 atom stereocenters. The van der Waals surface area contributed by atoms with Crippen LogP contribution in [0.2, 0.25) is 0 Å². The van der Waals surface area contributed by atoms with E-state index in [1.54, 1.807) is 0 Å². The molecule has 1 heterocycles. The van der Waals surface area contributed by atoms with Crippen LogP contribution in [0.25, 0.3) is 0 Å². The second kappa shape index (κ2) is 6.93. The number of nitrogens with one attached hydrogen (secondary N) is 1. The number of nitrogens with zero attached hydrogens (tertiary/aromatic N) is 1.